The molecule has 2 aliphatic rings. The Labute approximate surface area is 201 Å². The molecule has 4 heterocycles. The summed E-state index contributed by atoms with van der Waals surface area (Å²) in [7, 11) is 0. The van der Waals surface area contributed by atoms with E-state index in [0.29, 0.717) is 11.1 Å². The monoisotopic (exact) mass is 467 g/mol. The van der Waals surface area contributed by atoms with Crippen molar-refractivity contribution >= 4 is 28.3 Å². The van der Waals surface area contributed by atoms with Gasteiger partial charge in [-0.05, 0) is 75.8 Å². The smallest absolute Gasteiger partial charge is 0.139 e. The van der Waals surface area contributed by atoms with Gasteiger partial charge in [-0.1, -0.05) is 11.6 Å². The number of fused-ring (bicyclic) bond motifs is 1. The van der Waals surface area contributed by atoms with Crippen LogP contribution in [0.25, 0.3) is 22.2 Å². The van der Waals surface area contributed by atoms with E-state index in [-0.39, 0.29) is 0 Å². The van der Waals surface area contributed by atoms with Gasteiger partial charge in [-0.15, -0.1) is 0 Å². The van der Waals surface area contributed by atoms with Crippen LogP contribution in [0.15, 0.2) is 18.2 Å². The Bertz CT molecular complexity index is 1150. The zero-order valence-corrected chi connectivity index (χ0v) is 20.9. The first kappa shape index (κ1) is 22.6. The first-order valence-corrected chi connectivity index (χ1v) is 12.5. The standard InChI is InChI=1S/C26H34ClN5O/c1-16-11-21-19(4)24(23-13-17(2)29-30-23)26(28-25(21)22(27)12-16)32-8-7-31(14-18(32)3)15-20-5-9-33-10-6-20/h11-13,18,20H,5-10,14-15H2,1-4H3,(H,29,30)/t18-/m1/s1. The predicted octanol–water partition coefficient (Wildman–Crippen LogP) is 5.14. The van der Waals surface area contributed by atoms with E-state index in [0.717, 1.165) is 78.0 Å². The van der Waals surface area contributed by atoms with Gasteiger partial charge in [0.2, 0.25) is 0 Å². The highest BCUT2D eigenvalue weighted by Gasteiger charge is 2.30. The minimum atomic E-state index is 0.353. The predicted molar refractivity (Wildman–Crippen MR) is 135 cm³/mol. The number of nitrogens with zero attached hydrogens (tertiary/aromatic N) is 4. The van der Waals surface area contributed by atoms with E-state index in [9.17, 15) is 0 Å². The molecule has 0 saturated carbocycles. The number of aromatic amines is 1. The number of aryl methyl sites for hydroxylation is 3. The fourth-order valence-electron chi connectivity index (χ4n) is 5.47. The highest BCUT2D eigenvalue weighted by atomic mass is 35.5. The topological polar surface area (TPSA) is 57.3 Å². The highest BCUT2D eigenvalue weighted by Crippen LogP contribution is 2.39. The van der Waals surface area contributed by atoms with Crippen LogP contribution in [-0.2, 0) is 4.74 Å². The summed E-state index contributed by atoms with van der Waals surface area (Å²) in [6.45, 7) is 14.6. The first-order valence-electron chi connectivity index (χ1n) is 12.1. The Balaban J connectivity index is 1.51. The third-order valence-corrected chi connectivity index (χ3v) is 7.52. The van der Waals surface area contributed by atoms with Gasteiger partial charge in [0, 0.05) is 62.1 Å². The minimum absolute atomic E-state index is 0.353. The number of nitrogens with one attached hydrogen (secondary N) is 1. The van der Waals surface area contributed by atoms with Crippen molar-refractivity contribution in [1.82, 2.24) is 20.1 Å². The number of halogens is 1. The van der Waals surface area contributed by atoms with Crippen molar-refractivity contribution < 1.29 is 4.74 Å². The molecule has 1 atom stereocenters. The lowest BCUT2D eigenvalue weighted by Crippen LogP contribution is -2.53. The maximum Gasteiger partial charge on any atom is 0.139 e. The van der Waals surface area contributed by atoms with E-state index in [4.69, 9.17) is 21.3 Å². The van der Waals surface area contributed by atoms with Crippen LogP contribution in [0.5, 0.6) is 0 Å². The van der Waals surface area contributed by atoms with Gasteiger partial charge in [0.05, 0.1) is 16.2 Å². The molecule has 1 aromatic carbocycles. The number of ether oxygens (including phenoxy) is 1. The largest absolute Gasteiger partial charge is 0.381 e. The van der Waals surface area contributed by atoms with E-state index >= 15 is 0 Å². The van der Waals surface area contributed by atoms with Gasteiger partial charge in [-0.25, -0.2) is 4.98 Å². The van der Waals surface area contributed by atoms with Crippen LogP contribution in [0.2, 0.25) is 5.02 Å². The quantitative estimate of drug-likeness (QED) is 0.575. The van der Waals surface area contributed by atoms with E-state index in [2.05, 4.69) is 52.9 Å². The summed E-state index contributed by atoms with van der Waals surface area (Å²) in [6.07, 6.45) is 2.36. The molecule has 0 amide bonds. The zero-order chi connectivity index (χ0) is 23.1. The molecule has 2 fully saturated rings. The lowest BCUT2D eigenvalue weighted by molar-refractivity contribution is 0.0500. The number of pyridine rings is 1. The van der Waals surface area contributed by atoms with Crippen molar-refractivity contribution in [2.75, 3.05) is 44.3 Å². The van der Waals surface area contributed by atoms with Crippen LogP contribution < -0.4 is 4.90 Å². The van der Waals surface area contributed by atoms with Gasteiger partial charge in [0.1, 0.15) is 5.82 Å². The second-order valence-electron chi connectivity index (χ2n) is 9.87. The summed E-state index contributed by atoms with van der Waals surface area (Å²) in [5.41, 5.74) is 6.31. The van der Waals surface area contributed by atoms with Gasteiger partial charge >= 0.3 is 0 Å². The first-order chi connectivity index (χ1) is 15.9. The number of aromatic nitrogens is 3. The van der Waals surface area contributed by atoms with Gasteiger partial charge in [0.15, 0.2) is 0 Å². The molecular weight excluding hydrogens is 434 g/mol. The van der Waals surface area contributed by atoms with Crippen LogP contribution >= 0.6 is 11.6 Å². The van der Waals surface area contributed by atoms with Gasteiger partial charge in [0.25, 0.3) is 0 Å². The van der Waals surface area contributed by atoms with Crippen molar-refractivity contribution in [3.05, 3.63) is 40.0 Å². The molecule has 0 radical (unpaired) electrons. The van der Waals surface area contributed by atoms with Gasteiger partial charge in [-0.2, -0.15) is 5.10 Å². The number of benzene rings is 1. The van der Waals surface area contributed by atoms with Crippen LogP contribution in [0.4, 0.5) is 5.82 Å². The van der Waals surface area contributed by atoms with Crippen molar-refractivity contribution in [2.24, 2.45) is 5.92 Å². The Kier molecular flexibility index (Phi) is 6.34. The molecule has 5 rings (SSSR count). The molecule has 6 nitrogen and oxygen atoms in total. The minimum Gasteiger partial charge on any atom is -0.381 e. The van der Waals surface area contributed by atoms with E-state index < -0.39 is 0 Å². The Morgan fingerprint density at radius 3 is 2.61 bits per heavy atom. The lowest BCUT2D eigenvalue weighted by Gasteiger charge is -2.42. The van der Waals surface area contributed by atoms with Crippen LogP contribution in [0.1, 0.15) is 36.6 Å². The van der Waals surface area contributed by atoms with E-state index in [1.54, 1.807) is 0 Å². The Hall–Kier alpha value is -2.15. The van der Waals surface area contributed by atoms with Crippen molar-refractivity contribution in [3.8, 4) is 11.3 Å². The summed E-state index contributed by atoms with van der Waals surface area (Å²) in [5.74, 6) is 1.75. The molecular formula is C26H34ClN5O. The maximum atomic E-state index is 6.69. The average molecular weight is 468 g/mol. The molecule has 176 valence electrons. The fraction of sp³-hybridized carbons (Fsp3) is 0.538. The molecule has 0 aliphatic carbocycles. The molecule has 2 aromatic heterocycles. The third-order valence-electron chi connectivity index (χ3n) is 7.23. The number of hydrogen-bond acceptors (Lipinski definition) is 5. The number of anilines is 1. The number of piperazine rings is 1. The highest BCUT2D eigenvalue weighted by molar-refractivity contribution is 6.35. The molecule has 3 aromatic rings. The lowest BCUT2D eigenvalue weighted by atomic mass is 9.97. The molecule has 33 heavy (non-hydrogen) atoms. The van der Waals surface area contributed by atoms with Crippen molar-refractivity contribution in [3.63, 3.8) is 0 Å². The van der Waals surface area contributed by atoms with Crippen LogP contribution in [0.3, 0.4) is 0 Å². The summed E-state index contributed by atoms with van der Waals surface area (Å²) in [4.78, 5) is 10.3. The number of hydrogen-bond donors (Lipinski definition) is 1. The van der Waals surface area contributed by atoms with Crippen LogP contribution in [0, 0.1) is 26.7 Å². The summed E-state index contributed by atoms with van der Waals surface area (Å²) in [6, 6.07) is 6.66. The van der Waals surface area contributed by atoms with E-state index in [1.807, 2.05) is 13.0 Å². The normalized spacial score (nSPS) is 20.6. The Morgan fingerprint density at radius 1 is 1.12 bits per heavy atom. The molecule has 0 spiro atoms. The third kappa shape index (κ3) is 4.48. The summed E-state index contributed by atoms with van der Waals surface area (Å²) >= 11 is 6.69. The number of rotatable bonds is 4. The summed E-state index contributed by atoms with van der Waals surface area (Å²) in [5, 5.41) is 9.56. The van der Waals surface area contributed by atoms with Crippen molar-refractivity contribution in [2.45, 2.75) is 46.6 Å². The second-order valence-corrected chi connectivity index (χ2v) is 10.3. The number of H-pyrrole nitrogens is 1. The molecule has 2 aliphatic heterocycles. The molecule has 2 saturated heterocycles. The summed E-state index contributed by atoms with van der Waals surface area (Å²) < 4.78 is 5.55. The maximum absolute atomic E-state index is 6.69. The van der Waals surface area contributed by atoms with Crippen LogP contribution in [-0.4, -0.2) is 65.5 Å². The van der Waals surface area contributed by atoms with E-state index in [1.165, 1.54) is 24.9 Å². The molecule has 7 heteroatoms. The molecule has 0 unspecified atom stereocenters. The Morgan fingerprint density at radius 2 is 1.91 bits per heavy atom. The van der Waals surface area contributed by atoms with Crippen molar-refractivity contribution in [1.29, 1.82) is 0 Å². The zero-order valence-electron chi connectivity index (χ0n) is 20.1. The van der Waals surface area contributed by atoms with Gasteiger partial charge in [-0.3, -0.25) is 10.00 Å². The SMILES string of the molecule is Cc1cc(Cl)c2nc(N3CCN(CC4CCOCC4)C[C@H]3C)c(-c3cc(C)[nH]n3)c(C)c2c1. The molecule has 0 bridgehead atoms. The van der Waals surface area contributed by atoms with Gasteiger partial charge < -0.3 is 9.64 Å². The second kappa shape index (κ2) is 9.24. The molecule has 1 N–H and O–H groups in total. The fourth-order valence-corrected chi connectivity index (χ4v) is 5.78. The average Bonchev–Trinajstić information content (AvgIpc) is 3.21.